The van der Waals surface area contributed by atoms with Gasteiger partial charge in [0.25, 0.3) is 0 Å². The summed E-state index contributed by atoms with van der Waals surface area (Å²) in [5.74, 6) is -1.89. The van der Waals surface area contributed by atoms with Gasteiger partial charge in [0.05, 0.1) is 12.6 Å². The summed E-state index contributed by atoms with van der Waals surface area (Å²) in [4.78, 5) is 21.1. The molecule has 0 saturated heterocycles. The lowest BCUT2D eigenvalue weighted by atomic mass is 10.2. The number of amides is 1. The lowest BCUT2D eigenvalue weighted by molar-refractivity contribution is -0.143. The highest BCUT2D eigenvalue weighted by molar-refractivity contribution is 5.86. The molecule has 0 bridgehead atoms. The lowest BCUT2D eigenvalue weighted by Gasteiger charge is -2.12. The molecule has 0 aliphatic rings. The van der Waals surface area contributed by atoms with E-state index in [0.717, 1.165) is 0 Å². The van der Waals surface area contributed by atoms with Crippen molar-refractivity contribution in [2.45, 2.75) is 19.0 Å². The van der Waals surface area contributed by atoms with E-state index in [1.54, 1.807) is 0 Å². The third-order valence-electron chi connectivity index (χ3n) is 1.21. The topological polar surface area (TPSA) is 113 Å². The molecule has 0 spiro atoms. The number of hydrogen-bond donors (Lipinski definition) is 4. The molecule has 0 aliphatic carbocycles. The van der Waals surface area contributed by atoms with Gasteiger partial charge in [-0.05, 0) is 6.92 Å². The molecule has 5 N–H and O–H groups in total. The number of aliphatic hydroxyl groups excluding tert-OH is 1. The second kappa shape index (κ2) is 4.68. The summed E-state index contributed by atoms with van der Waals surface area (Å²) in [5.41, 5.74) is 5.15. The van der Waals surface area contributed by atoms with Crippen molar-refractivity contribution in [1.29, 1.82) is 0 Å². The Hall–Kier alpha value is -1.14. The molecule has 0 aromatic heterocycles. The molecule has 0 radical (unpaired) electrons. The molecule has 0 rings (SSSR count). The van der Waals surface area contributed by atoms with Gasteiger partial charge < -0.3 is 21.3 Å². The van der Waals surface area contributed by atoms with E-state index in [4.69, 9.17) is 15.9 Å². The Morgan fingerprint density at radius 3 is 2.33 bits per heavy atom. The van der Waals surface area contributed by atoms with Crippen molar-refractivity contribution < 1.29 is 19.8 Å². The SMILES string of the molecule is CC(N)C(=O)N[C@@H](CO)C(=O)O. The highest BCUT2D eigenvalue weighted by Gasteiger charge is 2.19. The van der Waals surface area contributed by atoms with Crippen LogP contribution in [-0.4, -0.2) is 40.8 Å². The molecular formula is C6H12N2O4. The number of carbonyl (C=O) groups excluding carboxylic acids is 1. The maximum atomic E-state index is 10.8. The van der Waals surface area contributed by atoms with E-state index in [-0.39, 0.29) is 0 Å². The van der Waals surface area contributed by atoms with Crippen LogP contribution in [0.4, 0.5) is 0 Å². The Kier molecular flexibility index (Phi) is 4.24. The predicted molar refractivity (Wildman–Crippen MR) is 40.3 cm³/mol. The van der Waals surface area contributed by atoms with Crippen LogP contribution < -0.4 is 11.1 Å². The number of aliphatic hydroxyl groups is 1. The molecule has 0 aliphatic heterocycles. The molecule has 12 heavy (non-hydrogen) atoms. The fraction of sp³-hybridized carbons (Fsp3) is 0.667. The fourth-order valence-corrected chi connectivity index (χ4v) is 0.489. The van der Waals surface area contributed by atoms with E-state index in [9.17, 15) is 9.59 Å². The molecule has 0 aromatic carbocycles. The molecule has 70 valence electrons. The van der Waals surface area contributed by atoms with Crippen LogP contribution in [0.1, 0.15) is 6.92 Å². The van der Waals surface area contributed by atoms with Crippen LogP contribution in [0, 0.1) is 0 Å². The Balaban J connectivity index is 4.03. The molecule has 0 heterocycles. The third-order valence-corrected chi connectivity index (χ3v) is 1.21. The van der Waals surface area contributed by atoms with Gasteiger partial charge in [0.2, 0.25) is 5.91 Å². The maximum absolute atomic E-state index is 10.8. The monoisotopic (exact) mass is 176 g/mol. The Labute approximate surface area is 69.4 Å². The van der Waals surface area contributed by atoms with Gasteiger partial charge in [-0.2, -0.15) is 0 Å². The van der Waals surface area contributed by atoms with Crippen molar-refractivity contribution in [2.75, 3.05) is 6.61 Å². The summed E-state index contributed by atoms with van der Waals surface area (Å²) in [6, 6.07) is -2.05. The molecule has 2 atom stereocenters. The number of nitrogens with two attached hydrogens (primary N) is 1. The minimum absolute atomic E-state index is 0.601. The minimum Gasteiger partial charge on any atom is -0.480 e. The number of hydrogen-bond acceptors (Lipinski definition) is 4. The van der Waals surface area contributed by atoms with Crippen molar-refractivity contribution in [3.8, 4) is 0 Å². The lowest BCUT2D eigenvalue weighted by Crippen LogP contribution is -2.48. The van der Waals surface area contributed by atoms with Gasteiger partial charge in [0, 0.05) is 0 Å². The normalized spacial score (nSPS) is 14.9. The first-order chi connectivity index (χ1) is 5.49. The zero-order chi connectivity index (χ0) is 9.72. The van der Waals surface area contributed by atoms with Crippen molar-refractivity contribution >= 4 is 11.9 Å². The summed E-state index contributed by atoms with van der Waals surface area (Å²) in [5, 5.41) is 18.9. The highest BCUT2D eigenvalue weighted by Crippen LogP contribution is 1.84. The molecule has 0 fully saturated rings. The smallest absolute Gasteiger partial charge is 0.328 e. The van der Waals surface area contributed by atoms with Crippen molar-refractivity contribution in [3.63, 3.8) is 0 Å². The highest BCUT2D eigenvalue weighted by atomic mass is 16.4. The Morgan fingerprint density at radius 1 is 1.58 bits per heavy atom. The van der Waals surface area contributed by atoms with Gasteiger partial charge in [-0.15, -0.1) is 0 Å². The van der Waals surface area contributed by atoms with Crippen LogP contribution >= 0.6 is 0 Å². The molecule has 1 amide bonds. The summed E-state index contributed by atoms with van der Waals surface area (Å²) >= 11 is 0. The van der Waals surface area contributed by atoms with Crippen LogP contribution in [0.3, 0.4) is 0 Å². The predicted octanol–water partition coefficient (Wildman–Crippen LogP) is -2.10. The van der Waals surface area contributed by atoms with Crippen LogP contribution in [0.2, 0.25) is 0 Å². The average molecular weight is 176 g/mol. The van der Waals surface area contributed by atoms with E-state index < -0.39 is 30.6 Å². The zero-order valence-electron chi connectivity index (χ0n) is 6.65. The summed E-state index contributed by atoms with van der Waals surface area (Å²) in [6.07, 6.45) is 0. The van der Waals surface area contributed by atoms with Crippen LogP contribution in [0.5, 0.6) is 0 Å². The molecule has 6 heteroatoms. The van der Waals surface area contributed by atoms with Crippen molar-refractivity contribution in [1.82, 2.24) is 5.32 Å². The van der Waals surface area contributed by atoms with E-state index in [2.05, 4.69) is 5.32 Å². The van der Waals surface area contributed by atoms with E-state index in [1.807, 2.05) is 0 Å². The number of nitrogens with one attached hydrogen (secondary N) is 1. The quantitative estimate of drug-likeness (QED) is 0.392. The number of carboxylic acids is 1. The second-order valence-electron chi connectivity index (χ2n) is 2.37. The molecular weight excluding hydrogens is 164 g/mol. The van der Waals surface area contributed by atoms with E-state index in [1.165, 1.54) is 6.92 Å². The van der Waals surface area contributed by atoms with E-state index in [0.29, 0.717) is 0 Å². The maximum Gasteiger partial charge on any atom is 0.328 e. The van der Waals surface area contributed by atoms with Gasteiger partial charge in [-0.25, -0.2) is 4.79 Å². The van der Waals surface area contributed by atoms with Gasteiger partial charge >= 0.3 is 5.97 Å². The number of carbonyl (C=O) groups is 2. The largest absolute Gasteiger partial charge is 0.480 e. The summed E-state index contributed by atoms with van der Waals surface area (Å²) in [7, 11) is 0. The molecule has 0 saturated carbocycles. The Morgan fingerprint density at radius 2 is 2.08 bits per heavy atom. The van der Waals surface area contributed by atoms with Gasteiger partial charge in [0.15, 0.2) is 0 Å². The third kappa shape index (κ3) is 3.31. The van der Waals surface area contributed by atoms with Gasteiger partial charge in [0.1, 0.15) is 6.04 Å². The molecule has 6 nitrogen and oxygen atoms in total. The van der Waals surface area contributed by atoms with Crippen LogP contribution in [0.15, 0.2) is 0 Å². The zero-order valence-corrected chi connectivity index (χ0v) is 6.65. The summed E-state index contributed by atoms with van der Waals surface area (Å²) in [6.45, 7) is 0.777. The van der Waals surface area contributed by atoms with E-state index >= 15 is 0 Å². The Bertz CT molecular complexity index is 180. The fourth-order valence-electron chi connectivity index (χ4n) is 0.489. The van der Waals surface area contributed by atoms with Crippen LogP contribution in [0.25, 0.3) is 0 Å². The summed E-state index contributed by atoms with van der Waals surface area (Å²) < 4.78 is 0. The minimum atomic E-state index is -1.29. The number of aliphatic carboxylic acids is 1. The van der Waals surface area contributed by atoms with Crippen molar-refractivity contribution in [2.24, 2.45) is 5.73 Å². The number of rotatable bonds is 4. The second-order valence-corrected chi connectivity index (χ2v) is 2.37. The first kappa shape index (κ1) is 10.9. The standard InChI is InChI=1S/C6H12N2O4/c1-3(7)5(10)8-4(2-9)6(11)12/h3-4,9H,2,7H2,1H3,(H,8,10)(H,11,12)/t3?,4-/m0/s1. The first-order valence-corrected chi connectivity index (χ1v) is 3.38. The van der Waals surface area contributed by atoms with Gasteiger partial charge in [-0.1, -0.05) is 0 Å². The first-order valence-electron chi connectivity index (χ1n) is 3.38. The van der Waals surface area contributed by atoms with Gasteiger partial charge in [-0.3, -0.25) is 4.79 Å². The van der Waals surface area contributed by atoms with Crippen LogP contribution in [-0.2, 0) is 9.59 Å². The number of carboxylic acid groups (broad SMARTS) is 1. The van der Waals surface area contributed by atoms with Crippen molar-refractivity contribution in [3.05, 3.63) is 0 Å². The molecule has 1 unspecified atom stereocenters. The molecule has 0 aromatic rings. The average Bonchev–Trinajstić information content (AvgIpc) is 1.98.